The largest absolute Gasteiger partial charge is 0.375 e. The molecule has 0 amide bonds. The molecule has 80 valence electrons. The quantitative estimate of drug-likeness (QED) is 0.718. The Morgan fingerprint density at radius 1 is 1.50 bits per heavy atom. The Kier molecular flexibility index (Phi) is 1.92. The van der Waals surface area contributed by atoms with E-state index in [1.54, 1.807) is 0 Å². The third-order valence-electron chi connectivity index (χ3n) is 4.43. The van der Waals surface area contributed by atoms with Crippen LogP contribution in [0.1, 0.15) is 26.2 Å². The molecule has 2 bridgehead atoms. The number of likely N-dealkylation sites (tertiary alicyclic amines) is 1. The van der Waals surface area contributed by atoms with Crippen molar-refractivity contribution >= 4 is 0 Å². The second-order valence-corrected chi connectivity index (χ2v) is 5.33. The monoisotopic (exact) mass is 196 g/mol. The first-order valence-corrected chi connectivity index (χ1v) is 5.82. The van der Waals surface area contributed by atoms with Crippen LogP contribution < -0.4 is 5.73 Å². The molecule has 3 aliphatic rings. The molecule has 2 N–H and O–H groups in total. The van der Waals surface area contributed by atoms with Gasteiger partial charge in [0.2, 0.25) is 0 Å². The molecule has 0 aromatic rings. The summed E-state index contributed by atoms with van der Waals surface area (Å²) in [6.45, 7) is 5.22. The summed E-state index contributed by atoms with van der Waals surface area (Å²) in [5, 5.41) is 0. The molecule has 0 spiro atoms. The van der Waals surface area contributed by atoms with E-state index in [-0.39, 0.29) is 5.54 Å². The number of hydrogen-bond acceptors (Lipinski definition) is 3. The smallest absolute Gasteiger partial charge is 0.0718 e. The molecular formula is C11H20N2O. The van der Waals surface area contributed by atoms with Crippen molar-refractivity contribution in [1.82, 2.24) is 4.90 Å². The van der Waals surface area contributed by atoms with Crippen molar-refractivity contribution in [2.75, 3.05) is 19.7 Å². The van der Waals surface area contributed by atoms with E-state index in [9.17, 15) is 0 Å². The molecule has 0 radical (unpaired) electrons. The van der Waals surface area contributed by atoms with Gasteiger partial charge in [-0.2, -0.15) is 0 Å². The highest BCUT2D eigenvalue weighted by Gasteiger charge is 2.52. The number of rotatable bonds is 3. The maximum absolute atomic E-state index is 5.98. The van der Waals surface area contributed by atoms with Gasteiger partial charge in [0.05, 0.1) is 12.7 Å². The fourth-order valence-electron chi connectivity index (χ4n) is 3.25. The van der Waals surface area contributed by atoms with Gasteiger partial charge in [-0.1, -0.05) is 0 Å². The summed E-state index contributed by atoms with van der Waals surface area (Å²) in [5.74, 6) is 0.854. The molecule has 3 fully saturated rings. The predicted octanol–water partition coefficient (Wildman–Crippen LogP) is 0.587. The zero-order valence-electron chi connectivity index (χ0n) is 8.91. The Bertz CT molecular complexity index is 241. The van der Waals surface area contributed by atoms with Crippen molar-refractivity contribution in [2.24, 2.45) is 11.7 Å². The molecule has 1 aliphatic carbocycles. The first-order chi connectivity index (χ1) is 6.74. The summed E-state index contributed by atoms with van der Waals surface area (Å²) in [7, 11) is 0. The normalized spacial score (nSPS) is 41.6. The van der Waals surface area contributed by atoms with Crippen LogP contribution in [0.4, 0.5) is 0 Å². The fraction of sp³-hybridized carbons (Fsp3) is 1.00. The average Bonchev–Trinajstić information content (AvgIpc) is 2.87. The third-order valence-corrected chi connectivity index (χ3v) is 4.43. The van der Waals surface area contributed by atoms with Gasteiger partial charge in [-0.25, -0.2) is 0 Å². The van der Waals surface area contributed by atoms with Gasteiger partial charge in [0, 0.05) is 24.7 Å². The highest BCUT2D eigenvalue weighted by Crippen LogP contribution is 2.46. The number of nitrogens with two attached hydrogens (primary N) is 1. The number of fused-ring (bicyclic) bond motifs is 2. The minimum absolute atomic E-state index is 0.267. The Hall–Kier alpha value is -0.120. The number of morpholine rings is 1. The highest BCUT2D eigenvalue weighted by atomic mass is 16.5. The molecule has 3 nitrogen and oxygen atoms in total. The molecule has 2 saturated heterocycles. The van der Waals surface area contributed by atoms with E-state index in [0.29, 0.717) is 12.1 Å². The molecule has 0 aromatic heterocycles. The lowest BCUT2D eigenvalue weighted by Crippen LogP contribution is -2.57. The van der Waals surface area contributed by atoms with Crippen LogP contribution in [0.15, 0.2) is 0 Å². The van der Waals surface area contributed by atoms with E-state index in [0.717, 1.165) is 25.6 Å². The summed E-state index contributed by atoms with van der Waals surface area (Å²) in [4.78, 5) is 2.64. The first kappa shape index (κ1) is 9.13. The third kappa shape index (κ3) is 1.16. The molecule has 3 rings (SSSR count). The summed E-state index contributed by atoms with van der Waals surface area (Å²) in [5.41, 5.74) is 6.24. The lowest BCUT2D eigenvalue weighted by Gasteiger charge is -2.43. The average molecular weight is 196 g/mol. The van der Waals surface area contributed by atoms with Gasteiger partial charge >= 0.3 is 0 Å². The molecule has 14 heavy (non-hydrogen) atoms. The molecule has 2 heterocycles. The standard InChI is InChI=1S/C11H20N2O/c1-11(7-12,8-2-3-8)13-5-10-4-9(13)6-14-10/h8-10H,2-7,12H2,1H3. The second kappa shape index (κ2) is 2.94. The predicted molar refractivity (Wildman–Crippen MR) is 55.0 cm³/mol. The number of ether oxygens (including phenoxy) is 1. The van der Waals surface area contributed by atoms with Gasteiger partial charge in [0.25, 0.3) is 0 Å². The van der Waals surface area contributed by atoms with Crippen LogP contribution >= 0.6 is 0 Å². The highest BCUT2D eigenvalue weighted by molar-refractivity contribution is 5.07. The van der Waals surface area contributed by atoms with E-state index in [1.807, 2.05) is 0 Å². The summed E-state index contributed by atoms with van der Waals surface area (Å²) < 4.78 is 5.64. The van der Waals surface area contributed by atoms with Crippen molar-refractivity contribution in [2.45, 2.75) is 43.9 Å². The van der Waals surface area contributed by atoms with E-state index < -0.39 is 0 Å². The maximum atomic E-state index is 5.98. The minimum Gasteiger partial charge on any atom is -0.375 e. The summed E-state index contributed by atoms with van der Waals surface area (Å²) in [6.07, 6.45) is 4.50. The maximum Gasteiger partial charge on any atom is 0.0718 e. The van der Waals surface area contributed by atoms with Gasteiger partial charge in [-0.05, 0) is 32.1 Å². The van der Waals surface area contributed by atoms with Gasteiger partial charge in [-0.3, -0.25) is 4.90 Å². The van der Waals surface area contributed by atoms with Crippen molar-refractivity contribution in [1.29, 1.82) is 0 Å². The SMILES string of the molecule is CC(CN)(C1CC1)N1CC2CC1CO2. The van der Waals surface area contributed by atoms with E-state index in [2.05, 4.69) is 11.8 Å². The van der Waals surface area contributed by atoms with Crippen LogP contribution in [0.2, 0.25) is 0 Å². The zero-order valence-corrected chi connectivity index (χ0v) is 8.91. The van der Waals surface area contributed by atoms with Crippen LogP contribution in [0, 0.1) is 5.92 Å². The van der Waals surface area contributed by atoms with Crippen LogP contribution in [0.3, 0.4) is 0 Å². The molecule has 3 unspecified atom stereocenters. The second-order valence-electron chi connectivity index (χ2n) is 5.33. The lowest BCUT2D eigenvalue weighted by molar-refractivity contribution is -0.0248. The summed E-state index contributed by atoms with van der Waals surface area (Å²) in [6, 6.07) is 0.661. The first-order valence-electron chi connectivity index (χ1n) is 5.82. The molecule has 3 atom stereocenters. The molecule has 1 saturated carbocycles. The van der Waals surface area contributed by atoms with Crippen LogP contribution in [-0.4, -0.2) is 42.3 Å². The van der Waals surface area contributed by atoms with Crippen LogP contribution in [0.25, 0.3) is 0 Å². The van der Waals surface area contributed by atoms with Crippen molar-refractivity contribution in [3.05, 3.63) is 0 Å². The number of hydrogen-bond donors (Lipinski definition) is 1. The van der Waals surface area contributed by atoms with Gasteiger partial charge in [0.15, 0.2) is 0 Å². The molecule has 0 aromatic carbocycles. The summed E-state index contributed by atoms with van der Waals surface area (Å²) >= 11 is 0. The Labute approximate surface area is 85.6 Å². The molecular weight excluding hydrogens is 176 g/mol. The number of nitrogens with zero attached hydrogens (tertiary/aromatic N) is 1. The zero-order chi connectivity index (χ0) is 9.76. The van der Waals surface area contributed by atoms with Crippen molar-refractivity contribution < 1.29 is 4.74 Å². The Morgan fingerprint density at radius 3 is 2.71 bits per heavy atom. The fourth-order valence-corrected chi connectivity index (χ4v) is 3.25. The molecule has 3 heteroatoms. The molecule has 2 aliphatic heterocycles. The van der Waals surface area contributed by atoms with Crippen molar-refractivity contribution in [3.8, 4) is 0 Å². The topological polar surface area (TPSA) is 38.5 Å². The Balaban J connectivity index is 1.79. The van der Waals surface area contributed by atoms with E-state index in [1.165, 1.54) is 19.3 Å². The van der Waals surface area contributed by atoms with Gasteiger partial charge < -0.3 is 10.5 Å². The minimum atomic E-state index is 0.267. The van der Waals surface area contributed by atoms with Gasteiger partial charge in [-0.15, -0.1) is 0 Å². The van der Waals surface area contributed by atoms with Crippen molar-refractivity contribution in [3.63, 3.8) is 0 Å². The van der Waals surface area contributed by atoms with E-state index >= 15 is 0 Å². The Morgan fingerprint density at radius 2 is 2.29 bits per heavy atom. The van der Waals surface area contributed by atoms with Crippen LogP contribution in [0.5, 0.6) is 0 Å². The van der Waals surface area contributed by atoms with Crippen LogP contribution in [-0.2, 0) is 4.74 Å². The van der Waals surface area contributed by atoms with E-state index in [4.69, 9.17) is 10.5 Å². The lowest BCUT2D eigenvalue weighted by atomic mass is 9.92. The van der Waals surface area contributed by atoms with Gasteiger partial charge in [0.1, 0.15) is 0 Å².